The van der Waals surface area contributed by atoms with Crippen LogP contribution in [0.4, 0.5) is 5.69 Å². The average Bonchev–Trinajstić information content (AvgIpc) is 2.70. The molecule has 2 amide bonds. The van der Waals surface area contributed by atoms with Gasteiger partial charge in [-0.25, -0.2) is 0 Å². The Labute approximate surface area is 167 Å². The summed E-state index contributed by atoms with van der Waals surface area (Å²) in [7, 11) is 0. The fourth-order valence-corrected chi connectivity index (χ4v) is 3.47. The first-order valence-corrected chi connectivity index (χ1v) is 9.99. The summed E-state index contributed by atoms with van der Waals surface area (Å²) >= 11 is 0. The van der Waals surface area contributed by atoms with Crippen molar-refractivity contribution in [1.82, 2.24) is 10.2 Å². The highest BCUT2D eigenvalue weighted by Gasteiger charge is 2.18. The molecule has 1 aliphatic rings. The number of amides is 2. The monoisotopic (exact) mass is 379 g/mol. The Morgan fingerprint density at radius 1 is 1.07 bits per heavy atom. The minimum atomic E-state index is -0.155. The summed E-state index contributed by atoms with van der Waals surface area (Å²) in [5, 5.41) is 5.92. The molecule has 1 aliphatic heterocycles. The Morgan fingerprint density at radius 2 is 1.79 bits per heavy atom. The number of hydrogen-bond acceptors (Lipinski definition) is 3. The van der Waals surface area contributed by atoms with Crippen molar-refractivity contribution in [3.63, 3.8) is 0 Å². The van der Waals surface area contributed by atoms with Gasteiger partial charge >= 0.3 is 0 Å². The second-order valence-corrected chi connectivity index (χ2v) is 7.69. The normalized spacial score (nSPS) is 16.4. The molecule has 2 N–H and O–H groups in total. The number of carbonyl (C=O) groups excluding carboxylic acids is 2. The van der Waals surface area contributed by atoms with Crippen molar-refractivity contribution in [3.05, 3.63) is 65.7 Å². The Hall–Kier alpha value is -2.66. The van der Waals surface area contributed by atoms with Gasteiger partial charge in [0.1, 0.15) is 0 Å². The van der Waals surface area contributed by atoms with E-state index in [9.17, 15) is 9.59 Å². The Morgan fingerprint density at radius 3 is 2.50 bits per heavy atom. The third kappa shape index (κ3) is 5.67. The van der Waals surface area contributed by atoms with Gasteiger partial charge in [0.15, 0.2) is 0 Å². The van der Waals surface area contributed by atoms with E-state index in [1.54, 1.807) is 18.2 Å². The lowest BCUT2D eigenvalue weighted by molar-refractivity contribution is -0.117. The predicted molar refractivity (Wildman–Crippen MR) is 112 cm³/mol. The van der Waals surface area contributed by atoms with Crippen LogP contribution in [-0.4, -0.2) is 36.3 Å². The van der Waals surface area contributed by atoms with E-state index in [1.807, 2.05) is 43.3 Å². The fourth-order valence-electron chi connectivity index (χ4n) is 3.47. The van der Waals surface area contributed by atoms with Gasteiger partial charge in [-0.1, -0.05) is 43.3 Å². The number of piperidine rings is 1. The SMILES string of the molecule is CC1CCN(CC(=O)Nc2cccc(C(=O)NC(C)c3ccccc3)c2)CC1. The number of likely N-dealkylation sites (tertiary alicyclic amines) is 1. The second kappa shape index (κ2) is 9.51. The molecule has 2 aromatic carbocycles. The average molecular weight is 380 g/mol. The highest BCUT2D eigenvalue weighted by atomic mass is 16.2. The number of benzene rings is 2. The van der Waals surface area contributed by atoms with Gasteiger partial charge in [0.2, 0.25) is 5.91 Å². The van der Waals surface area contributed by atoms with Gasteiger partial charge in [-0.2, -0.15) is 0 Å². The smallest absolute Gasteiger partial charge is 0.251 e. The zero-order chi connectivity index (χ0) is 19.9. The van der Waals surface area contributed by atoms with Crippen LogP contribution < -0.4 is 10.6 Å². The molecule has 0 saturated carbocycles. The number of hydrogen-bond donors (Lipinski definition) is 2. The van der Waals surface area contributed by atoms with Gasteiger partial charge in [0.05, 0.1) is 12.6 Å². The van der Waals surface area contributed by atoms with Gasteiger partial charge < -0.3 is 10.6 Å². The molecule has 0 radical (unpaired) electrons. The molecule has 5 heteroatoms. The standard InChI is InChI=1S/C23H29N3O2/c1-17-11-13-26(14-12-17)16-22(27)25-21-10-6-9-20(15-21)23(28)24-18(2)19-7-4-3-5-8-19/h3-10,15,17-18H,11-14,16H2,1-2H3,(H,24,28)(H,25,27). The first-order valence-electron chi connectivity index (χ1n) is 9.99. The predicted octanol–water partition coefficient (Wildman–Crippen LogP) is 3.85. The Balaban J connectivity index is 1.55. The van der Waals surface area contributed by atoms with Gasteiger partial charge in [-0.3, -0.25) is 14.5 Å². The lowest BCUT2D eigenvalue weighted by Crippen LogP contribution is -2.38. The van der Waals surface area contributed by atoms with E-state index in [0.29, 0.717) is 17.8 Å². The third-order valence-electron chi connectivity index (χ3n) is 5.30. The maximum atomic E-state index is 12.6. The minimum absolute atomic E-state index is 0.0373. The third-order valence-corrected chi connectivity index (χ3v) is 5.30. The molecule has 28 heavy (non-hydrogen) atoms. The zero-order valence-corrected chi connectivity index (χ0v) is 16.7. The second-order valence-electron chi connectivity index (χ2n) is 7.69. The summed E-state index contributed by atoms with van der Waals surface area (Å²) in [6.45, 7) is 6.54. The molecule has 2 aromatic rings. The van der Waals surface area contributed by atoms with Gasteiger partial charge in [-0.05, 0) is 62.5 Å². The number of nitrogens with one attached hydrogen (secondary N) is 2. The molecule has 5 nitrogen and oxygen atoms in total. The molecule has 1 atom stereocenters. The van der Waals surface area contributed by atoms with E-state index in [4.69, 9.17) is 0 Å². The highest BCUT2D eigenvalue weighted by molar-refractivity contribution is 5.97. The molecule has 0 spiro atoms. The zero-order valence-electron chi connectivity index (χ0n) is 16.7. The van der Waals surface area contributed by atoms with Gasteiger partial charge in [0.25, 0.3) is 5.91 Å². The molecule has 1 unspecified atom stereocenters. The van der Waals surface area contributed by atoms with Crippen LogP contribution in [0.5, 0.6) is 0 Å². The summed E-state index contributed by atoms with van der Waals surface area (Å²) in [5.74, 6) is 0.551. The van der Waals surface area contributed by atoms with E-state index in [2.05, 4.69) is 22.5 Å². The van der Waals surface area contributed by atoms with E-state index < -0.39 is 0 Å². The van der Waals surface area contributed by atoms with Crippen LogP contribution in [0.15, 0.2) is 54.6 Å². The maximum Gasteiger partial charge on any atom is 0.251 e. The van der Waals surface area contributed by atoms with Crippen LogP contribution in [0.25, 0.3) is 0 Å². The molecule has 148 valence electrons. The van der Waals surface area contributed by atoms with E-state index in [0.717, 1.165) is 37.4 Å². The molecule has 3 rings (SSSR count). The summed E-state index contributed by atoms with van der Waals surface area (Å²) in [6.07, 6.45) is 2.28. The molecular weight excluding hydrogens is 350 g/mol. The number of anilines is 1. The van der Waals surface area contributed by atoms with Crippen molar-refractivity contribution in [2.75, 3.05) is 25.0 Å². The van der Waals surface area contributed by atoms with Crippen LogP contribution in [0.2, 0.25) is 0 Å². The molecular formula is C23H29N3O2. The minimum Gasteiger partial charge on any atom is -0.346 e. The first-order chi connectivity index (χ1) is 13.5. The Kier molecular flexibility index (Phi) is 6.82. The van der Waals surface area contributed by atoms with Crippen molar-refractivity contribution in [3.8, 4) is 0 Å². The summed E-state index contributed by atoms with van der Waals surface area (Å²) in [6, 6.07) is 16.8. The quantitative estimate of drug-likeness (QED) is 0.801. The van der Waals surface area contributed by atoms with Crippen molar-refractivity contribution in [1.29, 1.82) is 0 Å². The molecule has 1 saturated heterocycles. The van der Waals surface area contributed by atoms with Crippen LogP contribution in [0.3, 0.4) is 0 Å². The molecule has 0 aliphatic carbocycles. The summed E-state index contributed by atoms with van der Waals surface area (Å²) in [4.78, 5) is 27.1. The van der Waals surface area contributed by atoms with Crippen molar-refractivity contribution in [2.24, 2.45) is 5.92 Å². The van der Waals surface area contributed by atoms with Crippen LogP contribution >= 0.6 is 0 Å². The van der Waals surface area contributed by atoms with Crippen molar-refractivity contribution in [2.45, 2.75) is 32.7 Å². The van der Waals surface area contributed by atoms with Crippen LogP contribution in [0, 0.1) is 5.92 Å². The lowest BCUT2D eigenvalue weighted by atomic mass is 9.99. The fraction of sp³-hybridized carbons (Fsp3) is 0.391. The van der Waals surface area contributed by atoms with Gasteiger partial charge in [-0.15, -0.1) is 0 Å². The van der Waals surface area contributed by atoms with E-state index >= 15 is 0 Å². The Bertz CT molecular complexity index is 799. The van der Waals surface area contributed by atoms with Gasteiger partial charge in [0, 0.05) is 11.3 Å². The summed E-state index contributed by atoms with van der Waals surface area (Å²) in [5.41, 5.74) is 2.24. The van der Waals surface area contributed by atoms with Crippen LogP contribution in [-0.2, 0) is 4.79 Å². The van der Waals surface area contributed by atoms with E-state index in [-0.39, 0.29) is 17.9 Å². The van der Waals surface area contributed by atoms with Crippen LogP contribution in [0.1, 0.15) is 48.7 Å². The molecule has 0 bridgehead atoms. The topological polar surface area (TPSA) is 61.4 Å². The van der Waals surface area contributed by atoms with Crippen molar-refractivity contribution >= 4 is 17.5 Å². The summed E-state index contributed by atoms with van der Waals surface area (Å²) < 4.78 is 0. The maximum absolute atomic E-state index is 12.6. The molecule has 1 fully saturated rings. The highest BCUT2D eigenvalue weighted by Crippen LogP contribution is 2.17. The number of nitrogens with zero attached hydrogens (tertiary/aromatic N) is 1. The molecule has 1 heterocycles. The number of carbonyl (C=O) groups is 2. The van der Waals surface area contributed by atoms with E-state index in [1.165, 1.54) is 0 Å². The molecule has 0 aromatic heterocycles. The largest absolute Gasteiger partial charge is 0.346 e. The first kappa shape index (κ1) is 20.1. The number of rotatable bonds is 6. The van der Waals surface area contributed by atoms with Crippen molar-refractivity contribution < 1.29 is 9.59 Å². The lowest BCUT2D eigenvalue weighted by Gasteiger charge is -2.29.